The molecule has 1 aromatic rings. The van der Waals surface area contributed by atoms with E-state index < -0.39 is 0 Å². The van der Waals surface area contributed by atoms with Gasteiger partial charge in [-0.2, -0.15) is 0 Å². The number of hydrazine groups is 1. The standard InChI is InChI=1S/C13H22N4O3/c1-19-9-10-20-8-3-2-7-15-13(18)11-5-4-6-12(16-11)17-14/h4-6H,2-3,7-10,14H2,1H3,(H,15,18)(H,16,17). The largest absolute Gasteiger partial charge is 0.382 e. The summed E-state index contributed by atoms with van der Waals surface area (Å²) < 4.78 is 10.2. The molecule has 0 bridgehead atoms. The first-order valence-corrected chi connectivity index (χ1v) is 6.56. The molecule has 0 spiro atoms. The molecule has 0 fully saturated rings. The van der Waals surface area contributed by atoms with Crippen molar-refractivity contribution in [2.75, 3.05) is 38.9 Å². The van der Waals surface area contributed by atoms with Crippen LogP contribution in [0.4, 0.5) is 5.82 Å². The lowest BCUT2D eigenvalue weighted by Gasteiger charge is -2.06. The van der Waals surface area contributed by atoms with Gasteiger partial charge in [0.2, 0.25) is 0 Å². The van der Waals surface area contributed by atoms with Gasteiger partial charge in [-0.05, 0) is 25.0 Å². The third-order valence-corrected chi connectivity index (χ3v) is 2.56. The number of ether oxygens (including phenoxy) is 2. The van der Waals surface area contributed by atoms with Crippen LogP contribution in [0.3, 0.4) is 0 Å². The van der Waals surface area contributed by atoms with Crippen LogP contribution < -0.4 is 16.6 Å². The number of methoxy groups -OCH3 is 1. The second-order valence-electron chi connectivity index (χ2n) is 4.12. The highest BCUT2D eigenvalue weighted by atomic mass is 16.5. The molecule has 4 N–H and O–H groups in total. The van der Waals surface area contributed by atoms with Crippen LogP contribution in [0.2, 0.25) is 0 Å². The van der Waals surface area contributed by atoms with Crippen LogP contribution in [0.25, 0.3) is 0 Å². The van der Waals surface area contributed by atoms with Crippen LogP contribution in [-0.2, 0) is 9.47 Å². The summed E-state index contributed by atoms with van der Waals surface area (Å²) in [6.45, 7) is 2.47. The lowest BCUT2D eigenvalue weighted by atomic mass is 10.3. The molecule has 0 aromatic carbocycles. The number of carbonyl (C=O) groups is 1. The maximum Gasteiger partial charge on any atom is 0.269 e. The van der Waals surface area contributed by atoms with Gasteiger partial charge in [0, 0.05) is 20.3 Å². The molecule has 7 nitrogen and oxygen atoms in total. The number of carbonyl (C=O) groups excluding carboxylic acids is 1. The van der Waals surface area contributed by atoms with Gasteiger partial charge in [0.05, 0.1) is 13.2 Å². The molecule has 0 unspecified atom stereocenters. The third kappa shape index (κ3) is 6.46. The Morgan fingerprint density at radius 2 is 2.15 bits per heavy atom. The van der Waals surface area contributed by atoms with Crippen molar-refractivity contribution in [2.45, 2.75) is 12.8 Å². The number of anilines is 1. The molecule has 1 amide bonds. The van der Waals surface area contributed by atoms with Gasteiger partial charge in [-0.1, -0.05) is 6.07 Å². The first-order chi connectivity index (χ1) is 9.77. The van der Waals surface area contributed by atoms with Gasteiger partial charge in [-0.25, -0.2) is 10.8 Å². The molecule has 0 aliphatic rings. The van der Waals surface area contributed by atoms with Crippen molar-refractivity contribution in [3.8, 4) is 0 Å². The van der Waals surface area contributed by atoms with Crippen LogP contribution in [0.1, 0.15) is 23.3 Å². The first-order valence-electron chi connectivity index (χ1n) is 6.56. The van der Waals surface area contributed by atoms with Crippen molar-refractivity contribution in [3.63, 3.8) is 0 Å². The SMILES string of the molecule is COCCOCCCCNC(=O)c1cccc(NN)n1. The van der Waals surface area contributed by atoms with E-state index in [0.717, 1.165) is 12.8 Å². The van der Waals surface area contributed by atoms with E-state index in [0.29, 0.717) is 37.9 Å². The average molecular weight is 282 g/mol. The Morgan fingerprint density at radius 3 is 2.90 bits per heavy atom. The van der Waals surface area contributed by atoms with E-state index in [1.807, 2.05) is 0 Å². The first kappa shape index (κ1) is 16.4. The van der Waals surface area contributed by atoms with E-state index in [4.69, 9.17) is 15.3 Å². The Kier molecular flexibility index (Phi) is 8.28. The lowest BCUT2D eigenvalue weighted by Crippen LogP contribution is -2.26. The Hall–Kier alpha value is -1.70. The predicted molar refractivity (Wildman–Crippen MR) is 76.3 cm³/mol. The van der Waals surface area contributed by atoms with Gasteiger partial charge in [0.15, 0.2) is 0 Å². The second-order valence-corrected chi connectivity index (χ2v) is 4.12. The highest BCUT2D eigenvalue weighted by Gasteiger charge is 2.06. The van der Waals surface area contributed by atoms with Gasteiger partial charge in [0.25, 0.3) is 5.91 Å². The minimum absolute atomic E-state index is 0.206. The quantitative estimate of drug-likeness (QED) is 0.329. The summed E-state index contributed by atoms with van der Waals surface area (Å²) in [4.78, 5) is 15.9. The van der Waals surface area contributed by atoms with Crippen molar-refractivity contribution in [1.82, 2.24) is 10.3 Å². The molecule has 1 aromatic heterocycles. The van der Waals surface area contributed by atoms with Gasteiger partial charge in [-0.3, -0.25) is 4.79 Å². The van der Waals surface area contributed by atoms with E-state index in [9.17, 15) is 4.79 Å². The summed E-state index contributed by atoms with van der Waals surface area (Å²) in [6.07, 6.45) is 1.75. The molecule has 0 aliphatic carbocycles. The maximum absolute atomic E-state index is 11.8. The smallest absolute Gasteiger partial charge is 0.269 e. The fraction of sp³-hybridized carbons (Fsp3) is 0.538. The fourth-order valence-corrected chi connectivity index (χ4v) is 1.51. The number of pyridine rings is 1. The van der Waals surface area contributed by atoms with Crippen LogP contribution in [0.5, 0.6) is 0 Å². The van der Waals surface area contributed by atoms with Crippen LogP contribution >= 0.6 is 0 Å². The molecule has 0 aliphatic heterocycles. The average Bonchev–Trinajstić information content (AvgIpc) is 2.49. The number of amides is 1. The Balaban J connectivity index is 2.13. The summed E-state index contributed by atoms with van der Waals surface area (Å²) >= 11 is 0. The third-order valence-electron chi connectivity index (χ3n) is 2.56. The molecule has 1 heterocycles. The van der Waals surface area contributed by atoms with Crippen molar-refractivity contribution >= 4 is 11.7 Å². The Morgan fingerprint density at radius 1 is 1.30 bits per heavy atom. The fourth-order valence-electron chi connectivity index (χ4n) is 1.51. The minimum Gasteiger partial charge on any atom is -0.382 e. The van der Waals surface area contributed by atoms with E-state index in [-0.39, 0.29) is 5.91 Å². The molecular weight excluding hydrogens is 260 g/mol. The zero-order chi connectivity index (χ0) is 14.6. The summed E-state index contributed by atoms with van der Waals surface area (Å²) in [7, 11) is 1.64. The van der Waals surface area contributed by atoms with Crippen LogP contribution in [0, 0.1) is 0 Å². The number of nitrogen functional groups attached to an aromatic ring is 1. The molecule has 20 heavy (non-hydrogen) atoms. The molecule has 1 rings (SSSR count). The van der Waals surface area contributed by atoms with Crippen molar-refractivity contribution in [1.29, 1.82) is 0 Å². The van der Waals surface area contributed by atoms with E-state index in [1.165, 1.54) is 0 Å². The van der Waals surface area contributed by atoms with Crippen LogP contribution in [-0.4, -0.2) is 44.4 Å². The predicted octanol–water partition coefficient (Wildman–Crippen LogP) is 0.540. The number of rotatable bonds is 10. The zero-order valence-corrected chi connectivity index (χ0v) is 11.7. The highest BCUT2D eigenvalue weighted by molar-refractivity contribution is 5.92. The summed E-state index contributed by atoms with van der Waals surface area (Å²) in [5.74, 6) is 5.50. The van der Waals surface area contributed by atoms with E-state index >= 15 is 0 Å². The van der Waals surface area contributed by atoms with Crippen molar-refractivity contribution in [3.05, 3.63) is 23.9 Å². The van der Waals surface area contributed by atoms with Gasteiger partial charge < -0.3 is 20.2 Å². The number of nitrogens with zero attached hydrogens (tertiary/aromatic N) is 1. The van der Waals surface area contributed by atoms with Gasteiger partial charge in [-0.15, -0.1) is 0 Å². The molecule has 0 saturated carbocycles. The normalized spacial score (nSPS) is 10.3. The number of aromatic nitrogens is 1. The Labute approximate surface area is 118 Å². The number of nitrogens with two attached hydrogens (primary N) is 1. The topological polar surface area (TPSA) is 98.5 Å². The molecular formula is C13H22N4O3. The van der Waals surface area contributed by atoms with Crippen LogP contribution in [0.15, 0.2) is 18.2 Å². The molecule has 0 saturated heterocycles. The van der Waals surface area contributed by atoms with Crippen molar-refractivity contribution in [2.24, 2.45) is 5.84 Å². The highest BCUT2D eigenvalue weighted by Crippen LogP contribution is 2.02. The number of nitrogens with one attached hydrogen (secondary N) is 2. The summed E-state index contributed by atoms with van der Waals surface area (Å²) in [6, 6.07) is 5.05. The van der Waals surface area contributed by atoms with Gasteiger partial charge >= 0.3 is 0 Å². The second kappa shape index (κ2) is 10.1. The minimum atomic E-state index is -0.206. The molecule has 0 atom stereocenters. The monoisotopic (exact) mass is 282 g/mol. The molecule has 7 heteroatoms. The van der Waals surface area contributed by atoms with E-state index in [1.54, 1.807) is 25.3 Å². The summed E-state index contributed by atoms with van der Waals surface area (Å²) in [5.41, 5.74) is 2.75. The van der Waals surface area contributed by atoms with Crippen molar-refractivity contribution < 1.29 is 14.3 Å². The zero-order valence-electron chi connectivity index (χ0n) is 11.7. The number of unbranched alkanes of at least 4 members (excludes halogenated alkanes) is 1. The number of hydrogen-bond acceptors (Lipinski definition) is 6. The molecule has 0 radical (unpaired) electrons. The lowest BCUT2D eigenvalue weighted by molar-refractivity contribution is 0.0686. The Bertz CT molecular complexity index is 401. The van der Waals surface area contributed by atoms with Gasteiger partial charge in [0.1, 0.15) is 11.5 Å². The number of hydrogen-bond donors (Lipinski definition) is 3. The molecule has 112 valence electrons. The van der Waals surface area contributed by atoms with E-state index in [2.05, 4.69) is 15.7 Å². The summed E-state index contributed by atoms with van der Waals surface area (Å²) in [5, 5.41) is 2.80. The maximum atomic E-state index is 11.8.